The molecule has 0 aliphatic heterocycles. The van der Waals surface area contributed by atoms with Crippen LogP contribution < -0.4 is 10.9 Å². The van der Waals surface area contributed by atoms with Gasteiger partial charge in [-0.2, -0.15) is 5.10 Å². The Kier molecular flexibility index (Phi) is 4.81. The van der Waals surface area contributed by atoms with Crippen molar-refractivity contribution in [3.8, 4) is 11.3 Å². The minimum atomic E-state index is -0.346. The van der Waals surface area contributed by atoms with E-state index in [1.807, 2.05) is 30.3 Å². The highest BCUT2D eigenvalue weighted by Gasteiger charge is 2.09. The van der Waals surface area contributed by atoms with Crippen molar-refractivity contribution in [2.75, 3.05) is 5.32 Å². The first-order valence-corrected chi connectivity index (χ1v) is 7.96. The Balaban J connectivity index is 1.81. The molecule has 1 amide bonds. The second-order valence-electron chi connectivity index (χ2n) is 4.98. The quantitative estimate of drug-likeness (QED) is 0.749. The molecular weight excluding hydrogens is 372 g/mol. The lowest BCUT2D eigenvalue weighted by atomic mass is 10.1. The molecule has 1 N–H and O–H groups in total. The Bertz CT molecular complexity index is 925. The summed E-state index contributed by atoms with van der Waals surface area (Å²) in [7, 11) is 0. The second kappa shape index (κ2) is 7.18. The molecule has 0 spiro atoms. The minimum absolute atomic E-state index is 0.172. The summed E-state index contributed by atoms with van der Waals surface area (Å²) in [4.78, 5) is 28.1. The summed E-state index contributed by atoms with van der Waals surface area (Å²) in [6.45, 7) is -0.172. The molecule has 0 saturated carbocycles. The van der Waals surface area contributed by atoms with Crippen LogP contribution in [0.5, 0.6) is 0 Å². The van der Waals surface area contributed by atoms with Crippen molar-refractivity contribution in [3.05, 3.63) is 75.8 Å². The normalized spacial score (nSPS) is 10.4. The van der Waals surface area contributed by atoms with Crippen molar-refractivity contribution in [1.29, 1.82) is 0 Å². The van der Waals surface area contributed by atoms with Crippen LogP contribution in [0.1, 0.15) is 0 Å². The van der Waals surface area contributed by atoms with Crippen LogP contribution in [0.15, 0.2) is 70.2 Å². The molecule has 0 aliphatic carbocycles. The Morgan fingerprint density at radius 2 is 1.92 bits per heavy atom. The SMILES string of the molecule is O=C(Cn1nc(-c2ccccc2)ccc1=O)Nc1ccncc1Br. The van der Waals surface area contributed by atoms with Gasteiger partial charge >= 0.3 is 0 Å². The third kappa shape index (κ3) is 3.75. The molecule has 3 rings (SSSR count). The molecule has 24 heavy (non-hydrogen) atoms. The average Bonchev–Trinajstić information content (AvgIpc) is 2.60. The van der Waals surface area contributed by atoms with Gasteiger partial charge < -0.3 is 5.32 Å². The van der Waals surface area contributed by atoms with E-state index in [4.69, 9.17) is 0 Å². The highest BCUT2D eigenvalue weighted by molar-refractivity contribution is 9.10. The van der Waals surface area contributed by atoms with E-state index in [0.717, 1.165) is 10.2 Å². The fraction of sp³-hybridized carbons (Fsp3) is 0.0588. The molecule has 0 fully saturated rings. The number of nitrogens with zero attached hydrogens (tertiary/aromatic N) is 3. The molecule has 2 aromatic heterocycles. The standard InChI is InChI=1S/C17H13BrN4O2/c18-13-10-19-9-8-15(13)20-16(23)11-22-17(24)7-6-14(21-22)12-4-2-1-3-5-12/h1-10H,11H2,(H,19,20,23). The van der Waals surface area contributed by atoms with Crippen LogP contribution in [0.25, 0.3) is 11.3 Å². The van der Waals surface area contributed by atoms with Gasteiger partial charge in [-0.3, -0.25) is 14.6 Å². The molecule has 0 unspecified atom stereocenters. The van der Waals surface area contributed by atoms with E-state index in [9.17, 15) is 9.59 Å². The smallest absolute Gasteiger partial charge is 0.267 e. The first-order chi connectivity index (χ1) is 11.6. The molecule has 0 aliphatic rings. The molecule has 0 radical (unpaired) electrons. The molecule has 0 saturated heterocycles. The number of hydrogen-bond acceptors (Lipinski definition) is 4. The van der Waals surface area contributed by atoms with Crippen molar-refractivity contribution in [2.45, 2.75) is 6.54 Å². The number of aromatic nitrogens is 3. The zero-order chi connectivity index (χ0) is 16.9. The number of anilines is 1. The predicted molar refractivity (Wildman–Crippen MR) is 94.5 cm³/mol. The Hall–Kier alpha value is -2.80. The largest absolute Gasteiger partial charge is 0.323 e. The van der Waals surface area contributed by atoms with Gasteiger partial charge in [-0.25, -0.2) is 4.68 Å². The van der Waals surface area contributed by atoms with E-state index in [2.05, 4.69) is 31.3 Å². The predicted octanol–water partition coefficient (Wildman–Crippen LogP) is 2.71. The van der Waals surface area contributed by atoms with E-state index in [1.54, 1.807) is 24.5 Å². The summed E-state index contributed by atoms with van der Waals surface area (Å²) in [6.07, 6.45) is 3.15. The molecule has 3 aromatic rings. The van der Waals surface area contributed by atoms with E-state index in [1.165, 1.54) is 6.07 Å². The van der Waals surface area contributed by atoms with Gasteiger partial charge in [0, 0.05) is 24.0 Å². The fourth-order valence-electron chi connectivity index (χ4n) is 2.13. The van der Waals surface area contributed by atoms with Crippen molar-refractivity contribution in [1.82, 2.24) is 14.8 Å². The van der Waals surface area contributed by atoms with Crippen molar-refractivity contribution < 1.29 is 4.79 Å². The molecule has 0 atom stereocenters. The lowest BCUT2D eigenvalue weighted by Gasteiger charge is -2.09. The molecule has 2 heterocycles. The van der Waals surface area contributed by atoms with Gasteiger partial charge in [0.15, 0.2) is 0 Å². The first-order valence-electron chi connectivity index (χ1n) is 7.16. The maximum atomic E-state index is 12.2. The van der Waals surface area contributed by atoms with Crippen LogP contribution in [-0.4, -0.2) is 20.7 Å². The Morgan fingerprint density at radius 3 is 2.67 bits per heavy atom. The van der Waals surface area contributed by atoms with Crippen LogP contribution in [-0.2, 0) is 11.3 Å². The maximum Gasteiger partial charge on any atom is 0.267 e. The maximum absolute atomic E-state index is 12.2. The number of benzene rings is 1. The van der Waals surface area contributed by atoms with E-state index < -0.39 is 0 Å². The summed E-state index contributed by atoms with van der Waals surface area (Å²) in [5.41, 5.74) is 1.76. The van der Waals surface area contributed by atoms with Crippen LogP contribution in [0.2, 0.25) is 0 Å². The highest BCUT2D eigenvalue weighted by atomic mass is 79.9. The van der Waals surface area contributed by atoms with Gasteiger partial charge in [0.25, 0.3) is 5.56 Å². The van der Waals surface area contributed by atoms with Crippen LogP contribution in [0, 0.1) is 0 Å². The lowest BCUT2D eigenvalue weighted by molar-refractivity contribution is -0.117. The number of amides is 1. The second-order valence-corrected chi connectivity index (χ2v) is 5.84. The van der Waals surface area contributed by atoms with Crippen molar-refractivity contribution >= 4 is 27.5 Å². The van der Waals surface area contributed by atoms with Gasteiger partial charge in [-0.05, 0) is 28.1 Å². The summed E-state index contributed by atoms with van der Waals surface area (Å²) in [5, 5.41) is 6.99. The van der Waals surface area contributed by atoms with Crippen LogP contribution in [0.4, 0.5) is 5.69 Å². The van der Waals surface area contributed by atoms with Gasteiger partial charge in [0.05, 0.1) is 15.9 Å². The minimum Gasteiger partial charge on any atom is -0.323 e. The number of pyridine rings is 1. The number of hydrogen-bond donors (Lipinski definition) is 1. The molecular formula is C17H13BrN4O2. The summed E-state index contributed by atoms with van der Waals surface area (Å²) >= 11 is 3.31. The number of carbonyl (C=O) groups is 1. The third-order valence-electron chi connectivity index (χ3n) is 3.28. The molecule has 6 nitrogen and oxygen atoms in total. The number of nitrogens with one attached hydrogen (secondary N) is 1. The lowest BCUT2D eigenvalue weighted by Crippen LogP contribution is -2.29. The summed E-state index contributed by atoms with van der Waals surface area (Å²) < 4.78 is 1.81. The molecule has 1 aromatic carbocycles. The van der Waals surface area contributed by atoms with E-state index in [0.29, 0.717) is 15.9 Å². The number of halogens is 1. The van der Waals surface area contributed by atoms with Gasteiger partial charge in [0.1, 0.15) is 6.54 Å². The molecule has 120 valence electrons. The fourth-order valence-corrected chi connectivity index (χ4v) is 2.48. The topological polar surface area (TPSA) is 76.9 Å². The van der Waals surface area contributed by atoms with Crippen molar-refractivity contribution in [3.63, 3.8) is 0 Å². The monoisotopic (exact) mass is 384 g/mol. The highest BCUT2D eigenvalue weighted by Crippen LogP contribution is 2.19. The van der Waals surface area contributed by atoms with Gasteiger partial charge in [0.2, 0.25) is 5.91 Å². The summed E-state index contributed by atoms with van der Waals surface area (Å²) in [5.74, 6) is -0.346. The third-order valence-corrected chi connectivity index (χ3v) is 3.91. The summed E-state index contributed by atoms with van der Waals surface area (Å²) in [6, 6.07) is 14.2. The van der Waals surface area contributed by atoms with Gasteiger partial charge in [-0.1, -0.05) is 30.3 Å². The first kappa shape index (κ1) is 16.1. The van der Waals surface area contributed by atoms with E-state index in [-0.39, 0.29) is 18.0 Å². The van der Waals surface area contributed by atoms with Gasteiger partial charge in [-0.15, -0.1) is 0 Å². The number of carbonyl (C=O) groups excluding carboxylic acids is 1. The van der Waals surface area contributed by atoms with E-state index >= 15 is 0 Å². The zero-order valence-electron chi connectivity index (χ0n) is 12.5. The Labute approximate surface area is 146 Å². The van der Waals surface area contributed by atoms with Crippen molar-refractivity contribution in [2.24, 2.45) is 0 Å². The number of rotatable bonds is 4. The van der Waals surface area contributed by atoms with Crippen LogP contribution >= 0.6 is 15.9 Å². The zero-order valence-corrected chi connectivity index (χ0v) is 14.1. The van der Waals surface area contributed by atoms with Crippen LogP contribution in [0.3, 0.4) is 0 Å². The average molecular weight is 385 g/mol. The molecule has 0 bridgehead atoms. The molecule has 7 heteroatoms. The Morgan fingerprint density at radius 1 is 1.12 bits per heavy atom.